The molecule has 0 nitrogen and oxygen atoms in total. The Morgan fingerprint density at radius 3 is 2.65 bits per heavy atom. The molecule has 0 amide bonds. The van der Waals surface area contributed by atoms with Crippen LogP contribution in [-0.4, -0.2) is 0 Å². The molecule has 2 heterocycles. The summed E-state index contributed by atoms with van der Waals surface area (Å²) in [4.78, 5) is 1.75. The highest BCUT2D eigenvalue weighted by Gasteiger charge is 2.17. The number of hydrogen-bond acceptors (Lipinski definition) is 2. The average molecular weight is 363 g/mol. The molecule has 0 N–H and O–H groups in total. The fraction of sp³-hybridized carbons (Fsp3) is 0.294. The highest BCUT2D eigenvalue weighted by Crippen LogP contribution is 2.40. The van der Waals surface area contributed by atoms with Crippen molar-refractivity contribution in [3.05, 3.63) is 57.3 Å². The summed E-state index contributed by atoms with van der Waals surface area (Å²) in [5, 5.41) is 2.17. The van der Waals surface area contributed by atoms with Gasteiger partial charge in [0.15, 0.2) is 0 Å². The molecule has 3 aromatic rings. The molecule has 0 saturated carbocycles. The van der Waals surface area contributed by atoms with E-state index in [1.54, 1.807) is 11.1 Å². The number of fused-ring (bicyclic) bond motifs is 2. The van der Waals surface area contributed by atoms with Gasteiger partial charge in [0.1, 0.15) is 0 Å². The van der Waals surface area contributed by atoms with Crippen LogP contribution in [0.5, 0.6) is 0 Å². The number of rotatable bonds is 2. The second-order valence-corrected chi connectivity index (χ2v) is 8.37. The number of alkyl halides is 1. The van der Waals surface area contributed by atoms with Crippen LogP contribution < -0.4 is 0 Å². The van der Waals surface area contributed by atoms with E-state index in [2.05, 4.69) is 51.6 Å². The predicted octanol–water partition coefficient (Wildman–Crippen LogP) is 6.33. The number of benzene rings is 1. The second-order valence-electron chi connectivity index (χ2n) is 5.40. The van der Waals surface area contributed by atoms with Crippen LogP contribution in [0.2, 0.25) is 0 Å². The molecule has 20 heavy (non-hydrogen) atoms. The molecule has 4 rings (SSSR count). The Bertz CT molecular complexity index is 725. The third kappa shape index (κ3) is 2.26. The molecule has 1 aliphatic carbocycles. The zero-order valence-corrected chi connectivity index (χ0v) is 14.3. The van der Waals surface area contributed by atoms with E-state index in [-0.39, 0.29) is 0 Å². The molecule has 1 unspecified atom stereocenters. The first-order valence-electron chi connectivity index (χ1n) is 7.04. The topological polar surface area (TPSA) is 0 Å². The zero-order chi connectivity index (χ0) is 13.5. The van der Waals surface area contributed by atoms with Crippen molar-refractivity contribution in [1.82, 2.24) is 0 Å². The normalized spacial score (nSPS) is 16.2. The Hall–Kier alpha value is -0.640. The summed E-state index contributed by atoms with van der Waals surface area (Å²) in [7, 11) is 0. The van der Waals surface area contributed by atoms with Crippen molar-refractivity contribution in [1.29, 1.82) is 0 Å². The minimum atomic E-state index is 0.333. The van der Waals surface area contributed by atoms with Gasteiger partial charge < -0.3 is 0 Å². The maximum absolute atomic E-state index is 3.90. The van der Waals surface area contributed by atoms with Gasteiger partial charge in [0.2, 0.25) is 0 Å². The third-order valence-corrected chi connectivity index (χ3v) is 7.56. The van der Waals surface area contributed by atoms with E-state index in [0.29, 0.717) is 4.83 Å². The maximum atomic E-state index is 3.90. The molecule has 102 valence electrons. The molecule has 1 aliphatic rings. The molecule has 1 atom stereocenters. The third-order valence-electron chi connectivity index (χ3n) is 4.07. The van der Waals surface area contributed by atoms with Gasteiger partial charge in [-0.25, -0.2) is 0 Å². The quantitative estimate of drug-likeness (QED) is 0.467. The van der Waals surface area contributed by atoms with Crippen molar-refractivity contribution >= 4 is 48.0 Å². The van der Waals surface area contributed by atoms with Crippen molar-refractivity contribution in [2.45, 2.75) is 30.5 Å². The molecule has 0 radical (unpaired) electrons. The van der Waals surface area contributed by atoms with Crippen LogP contribution in [0, 0.1) is 0 Å². The van der Waals surface area contributed by atoms with Crippen molar-refractivity contribution in [3.63, 3.8) is 0 Å². The summed E-state index contributed by atoms with van der Waals surface area (Å²) < 4.78 is 2.82. The Kier molecular flexibility index (Phi) is 3.45. The maximum Gasteiger partial charge on any atom is 0.0738 e. The van der Waals surface area contributed by atoms with Crippen LogP contribution >= 0.6 is 38.6 Å². The number of thiophene rings is 2. The predicted molar refractivity (Wildman–Crippen MR) is 93.6 cm³/mol. The van der Waals surface area contributed by atoms with Gasteiger partial charge in [0.25, 0.3) is 0 Å². The summed E-state index contributed by atoms with van der Waals surface area (Å²) in [6.45, 7) is 0. The zero-order valence-electron chi connectivity index (χ0n) is 11.1. The smallest absolute Gasteiger partial charge is 0.0738 e. The first-order chi connectivity index (χ1) is 9.81. The van der Waals surface area contributed by atoms with Crippen LogP contribution in [0.15, 0.2) is 35.7 Å². The molecule has 0 spiro atoms. The van der Waals surface area contributed by atoms with E-state index in [1.807, 2.05) is 22.7 Å². The standard InChI is InChI=1S/C17H15BrS2/c18-17(16-10-15-14(20-16)7-8-19-15)13-6-5-11-3-1-2-4-12(11)9-13/h5-10,17H,1-4H2. The van der Waals surface area contributed by atoms with Gasteiger partial charge >= 0.3 is 0 Å². The minimum absolute atomic E-state index is 0.333. The molecule has 3 heteroatoms. The molecule has 2 aromatic heterocycles. The van der Waals surface area contributed by atoms with Gasteiger partial charge in [-0.15, -0.1) is 22.7 Å². The van der Waals surface area contributed by atoms with Gasteiger partial charge in [0, 0.05) is 14.3 Å². The van der Waals surface area contributed by atoms with E-state index >= 15 is 0 Å². The summed E-state index contributed by atoms with van der Waals surface area (Å²) in [5.74, 6) is 0. The second kappa shape index (κ2) is 5.28. The van der Waals surface area contributed by atoms with E-state index < -0.39 is 0 Å². The number of aryl methyl sites for hydroxylation is 2. The SMILES string of the molecule is BrC(c1ccc2c(c1)CCCC2)c1cc2sccc2s1. The number of halogens is 1. The molecule has 0 bridgehead atoms. The van der Waals surface area contributed by atoms with Gasteiger partial charge in [-0.1, -0.05) is 34.1 Å². The Labute approximate surface area is 135 Å². The Balaban J connectivity index is 1.70. The summed E-state index contributed by atoms with van der Waals surface area (Å²) >= 11 is 7.64. The van der Waals surface area contributed by atoms with Crippen LogP contribution in [0.4, 0.5) is 0 Å². The van der Waals surface area contributed by atoms with Crippen molar-refractivity contribution in [3.8, 4) is 0 Å². The largest absolute Gasteiger partial charge is 0.143 e. The fourth-order valence-corrected chi connectivity index (χ4v) is 5.81. The minimum Gasteiger partial charge on any atom is -0.143 e. The molecule has 0 fully saturated rings. The van der Waals surface area contributed by atoms with Gasteiger partial charge in [0.05, 0.1) is 4.83 Å². The van der Waals surface area contributed by atoms with Crippen LogP contribution in [0.25, 0.3) is 9.40 Å². The Morgan fingerprint density at radius 1 is 0.950 bits per heavy atom. The summed E-state index contributed by atoms with van der Waals surface area (Å²) in [5.41, 5.74) is 4.53. The molecular weight excluding hydrogens is 348 g/mol. The highest BCUT2D eigenvalue weighted by atomic mass is 79.9. The highest BCUT2D eigenvalue weighted by molar-refractivity contribution is 9.09. The lowest BCUT2D eigenvalue weighted by atomic mass is 9.90. The molecule has 0 aliphatic heterocycles. The average Bonchev–Trinajstić information content (AvgIpc) is 3.07. The van der Waals surface area contributed by atoms with E-state index in [0.717, 1.165) is 0 Å². The molecular formula is C17H15BrS2. The Morgan fingerprint density at radius 2 is 1.80 bits per heavy atom. The lowest BCUT2D eigenvalue weighted by molar-refractivity contribution is 0.684. The van der Waals surface area contributed by atoms with Crippen LogP contribution in [-0.2, 0) is 12.8 Å². The van der Waals surface area contributed by atoms with Gasteiger partial charge in [-0.3, -0.25) is 0 Å². The van der Waals surface area contributed by atoms with Crippen molar-refractivity contribution < 1.29 is 0 Å². The summed E-state index contributed by atoms with van der Waals surface area (Å²) in [6.07, 6.45) is 5.21. The lowest BCUT2D eigenvalue weighted by Gasteiger charge is -2.18. The van der Waals surface area contributed by atoms with Crippen LogP contribution in [0.1, 0.15) is 39.2 Å². The van der Waals surface area contributed by atoms with E-state index in [9.17, 15) is 0 Å². The van der Waals surface area contributed by atoms with Gasteiger partial charge in [-0.05, 0) is 59.9 Å². The fourth-order valence-electron chi connectivity index (χ4n) is 2.98. The van der Waals surface area contributed by atoms with E-state index in [4.69, 9.17) is 0 Å². The van der Waals surface area contributed by atoms with Crippen molar-refractivity contribution in [2.75, 3.05) is 0 Å². The van der Waals surface area contributed by atoms with Crippen molar-refractivity contribution in [2.24, 2.45) is 0 Å². The van der Waals surface area contributed by atoms with Crippen LogP contribution in [0.3, 0.4) is 0 Å². The molecule has 1 aromatic carbocycles. The first kappa shape index (κ1) is 13.1. The first-order valence-corrected chi connectivity index (χ1v) is 9.65. The number of hydrogen-bond donors (Lipinski definition) is 0. The molecule has 0 saturated heterocycles. The monoisotopic (exact) mass is 362 g/mol. The van der Waals surface area contributed by atoms with Gasteiger partial charge in [-0.2, -0.15) is 0 Å². The van der Waals surface area contributed by atoms with E-state index in [1.165, 1.54) is 45.5 Å². The summed E-state index contributed by atoms with van der Waals surface area (Å²) in [6, 6.07) is 11.6. The lowest BCUT2D eigenvalue weighted by Crippen LogP contribution is -2.03.